The van der Waals surface area contributed by atoms with Crippen molar-refractivity contribution in [3.63, 3.8) is 0 Å². The smallest absolute Gasteiger partial charge is 0.159 e. The van der Waals surface area contributed by atoms with E-state index in [0.29, 0.717) is 17.0 Å². The third-order valence-corrected chi connectivity index (χ3v) is 4.00. The van der Waals surface area contributed by atoms with Gasteiger partial charge in [-0.1, -0.05) is 37.1 Å². The molecule has 24 heavy (non-hydrogen) atoms. The third-order valence-electron chi connectivity index (χ3n) is 3.69. The number of anilines is 1. The summed E-state index contributed by atoms with van der Waals surface area (Å²) >= 11 is 6.01. The highest BCUT2D eigenvalue weighted by Gasteiger charge is 2.17. The molecular weight excluding hydrogens is 328 g/mol. The number of nitrogen functional groups attached to an aromatic ring is 1. The molecule has 2 aromatic carbocycles. The highest BCUT2D eigenvalue weighted by Crippen LogP contribution is 2.37. The average molecular weight is 349 g/mol. The third kappa shape index (κ3) is 3.75. The van der Waals surface area contributed by atoms with E-state index in [0.717, 1.165) is 29.7 Å². The maximum atomic E-state index is 9.68. The predicted molar refractivity (Wildman–Crippen MR) is 97.5 cm³/mol. The molecule has 0 spiro atoms. The van der Waals surface area contributed by atoms with Crippen LogP contribution in [0.2, 0.25) is 5.02 Å². The van der Waals surface area contributed by atoms with Crippen molar-refractivity contribution in [1.82, 2.24) is 0 Å². The zero-order valence-corrected chi connectivity index (χ0v) is 14.4. The summed E-state index contributed by atoms with van der Waals surface area (Å²) in [7, 11) is 1.62. The normalized spacial score (nSPS) is 11.8. The van der Waals surface area contributed by atoms with Gasteiger partial charge in [-0.2, -0.15) is 5.90 Å². The molecule has 6 heteroatoms. The summed E-state index contributed by atoms with van der Waals surface area (Å²) < 4.78 is 5.19. The van der Waals surface area contributed by atoms with E-state index in [1.807, 2.05) is 24.3 Å². The van der Waals surface area contributed by atoms with E-state index in [-0.39, 0.29) is 10.8 Å². The number of benzene rings is 2. The van der Waals surface area contributed by atoms with Crippen LogP contribution in [0, 0.1) is 0 Å². The lowest BCUT2D eigenvalue weighted by molar-refractivity contribution is 0.291. The summed E-state index contributed by atoms with van der Waals surface area (Å²) in [5.41, 5.74) is 8.74. The molecule has 5 nitrogen and oxygen atoms in total. The van der Waals surface area contributed by atoms with E-state index in [1.54, 1.807) is 13.2 Å². The van der Waals surface area contributed by atoms with E-state index in [1.165, 1.54) is 6.07 Å². The molecule has 0 saturated heterocycles. The predicted octanol–water partition coefficient (Wildman–Crippen LogP) is 4.20. The highest BCUT2D eigenvalue weighted by atomic mass is 35.5. The van der Waals surface area contributed by atoms with Crippen LogP contribution in [0.25, 0.3) is 11.3 Å². The Morgan fingerprint density at radius 1 is 1.21 bits per heavy atom. The fourth-order valence-corrected chi connectivity index (χ4v) is 2.67. The Bertz CT molecular complexity index is 743. The molecule has 0 saturated carbocycles. The number of phenolic OH excluding ortho intramolecular Hbond substituents is 1. The molecular formula is C18H21ClN2O3. The molecule has 0 aromatic heterocycles. The van der Waals surface area contributed by atoms with Crippen molar-refractivity contribution in [2.75, 3.05) is 12.8 Å². The first kappa shape index (κ1) is 18.0. The molecule has 0 fully saturated rings. The number of hydrogen-bond acceptors (Lipinski definition) is 5. The van der Waals surface area contributed by atoms with Gasteiger partial charge in [0.1, 0.15) is 11.5 Å². The van der Waals surface area contributed by atoms with Gasteiger partial charge in [0, 0.05) is 22.9 Å². The van der Waals surface area contributed by atoms with E-state index in [9.17, 15) is 5.11 Å². The maximum Gasteiger partial charge on any atom is 0.159 e. The number of hydrogen-bond donors (Lipinski definition) is 3. The van der Waals surface area contributed by atoms with E-state index in [2.05, 4.69) is 6.92 Å². The number of halogens is 1. The SMILES string of the molecule is CCC/C(=C(\ON)c1cc(Cl)c(O)cc1N)c1ccc(OC)cc1. The number of methoxy groups -OCH3 is 1. The lowest BCUT2D eigenvalue weighted by Gasteiger charge is -2.16. The highest BCUT2D eigenvalue weighted by molar-refractivity contribution is 6.32. The molecule has 0 radical (unpaired) electrons. The molecule has 0 aliphatic heterocycles. The average Bonchev–Trinajstić information content (AvgIpc) is 2.59. The Labute approximate surface area is 146 Å². The molecule has 0 amide bonds. The maximum absolute atomic E-state index is 9.68. The number of rotatable bonds is 6. The number of phenols is 1. The molecule has 128 valence electrons. The lowest BCUT2D eigenvalue weighted by Crippen LogP contribution is -2.05. The molecule has 5 N–H and O–H groups in total. The topological polar surface area (TPSA) is 90.7 Å². The molecule has 0 heterocycles. The zero-order chi connectivity index (χ0) is 17.7. The Morgan fingerprint density at radius 3 is 2.42 bits per heavy atom. The van der Waals surface area contributed by atoms with Gasteiger partial charge in [0.15, 0.2) is 5.76 Å². The van der Waals surface area contributed by atoms with Gasteiger partial charge in [0.25, 0.3) is 0 Å². The van der Waals surface area contributed by atoms with Crippen LogP contribution >= 0.6 is 11.6 Å². The van der Waals surface area contributed by atoms with Crippen molar-refractivity contribution >= 4 is 28.6 Å². The second-order valence-electron chi connectivity index (χ2n) is 5.29. The van der Waals surface area contributed by atoms with Gasteiger partial charge < -0.3 is 20.4 Å². The number of allylic oxidation sites excluding steroid dienone is 1. The first-order valence-corrected chi connectivity index (χ1v) is 7.92. The monoisotopic (exact) mass is 348 g/mol. The second-order valence-corrected chi connectivity index (χ2v) is 5.70. The minimum atomic E-state index is -0.0872. The molecule has 2 aromatic rings. The van der Waals surface area contributed by atoms with Crippen molar-refractivity contribution in [2.45, 2.75) is 19.8 Å². The lowest BCUT2D eigenvalue weighted by atomic mass is 9.96. The zero-order valence-electron chi connectivity index (χ0n) is 13.7. The molecule has 2 rings (SSSR count). The van der Waals surface area contributed by atoms with Crippen molar-refractivity contribution in [1.29, 1.82) is 0 Å². The van der Waals surface area contributed by atoms with Gasteiger partial charge in [-0.15, -0.1) is 0 Å². The Balaban J connectivity index is 2.63. The second kappa shape index (κ2) is 7.95. The Hall–Kier alpha value is -2.37. The van der Waals surface area contributed by atoms with Crippen LogP contribution in [-0.2, 0) is 4.84 Å². The van der Waals surface area contributed by atoms with Crippen molar-refractivity contribution < 1.29 is 14.7 Å². The van der Waals surface area contributed by atoms with E-state index in [4.69, 9.17) is 32.8 Å². The molecule has 0 aliphatic rings. The quantitative estimate of drug-likeness (QED) is 0.315. The van der Waals surface area contributed by atoms with Crippen LogP contribution in [0.5, 0.6) is 11.5 Å². The molecule has 0 atom stereocenters. The first-order chi connectivity index (χ1) is 11.5. The number of ether oxygens (including phenoxy) is 1. The van der Waals surface area contributed by atoms with E-state index >= 15 is 0 Å². The summed E-state index contributed by atoms with van der Waals surface area (Å²) in [6.07, 6.45) is 1.62. The summed E-state index contributed by atoms with van der Waals surface area (Å²) in [5, 5.41) is 9.86. The number of nitrogens with two attached hydrogens (primary N) is 2. The van der Waals surface area contributed by atoms with Crippen molar-refractivity contribution in [3.8, 4) is 11.5 Å². The van der Waals surface area contributed by atoms with Gasteiger partial charge in [-0.25, -0.2) is 0 Å². The van der Waals surface area contributed by atoms with Gasteiger partial charge >= 0.3 is 0 Å². The van der Waals surface area contributed by atoms with Crippen LogP contribution < -0.4 is 16.4 Å². The standard InChI is InChI=1S/C18H21ClN2O3/c1-3-4-13(11-5-7-12(23-2)8-6-11)18(24-21)14-9-15(19)17(22)10-16(14)20/h5-10,22H,3-4,20-21H2,1-2H3/b18-13+. The summed E-state index contributed by atoms with van der Waals surface area (Å²) in [6, 6.07) is 10.5. The Morgan fingerprint density at radius 2 is 1.88 bits per heavy atom. The minimum Gasteiger partial charge on any atom is -0.506 e. The Kier molecular flexibility index (Phi) is 5.95. The van der Waals surface area contributed by atoms with Crippen molar-refractivity contribution in [3.05, 3.63) is 52.5 Å². The number of aromatic hydroxyl groups is 1. The van der Waals surface area contributed by atoms with Crippen LogP contribution in [0.4, 0.5) is 5.69 Å². The van der Waals surface area contributed by atoms with Crippen LogP contribution in [0.1, 0.15) is 30.9 Å². The molecule has 0 unspecified atom stereocenters. The van der Waals surface area contributed by atoms with Gasteiger partial charge in [0.2, 0.25) is 0 Å². The van der Waals surface area contributed by atoms with Crippen LogP contribution in [0.15, 0.2) is 36.4 Å². The van der Waals surface area contributed by atoms with Gasteiger partial charge in [-0.05, 0) is 30.2 Å². The summed E-state index contributed by atoms with van der Waals surface area (Å²) in [4.78, 5) is 5.17. The van der Waals surface area contributed by atoms with Crippen LogP contribution in [-0.4, -0.2) is 12.2 Å². The largest absolute Gasteiger partial charge is 0.506 e. The van der Waals surface area contributed by atoms with Gasteiger partial charge in [-0.3, -0.25) is 0 Å². The van der Waals surface area contributed by atoms with Crippen LogP contribution in [0.3, 0.4) is 0 Å². The van der Waals surface area contributed by atoms with E-state index < -0.39 is 0 Å². The summed E-state index contributed by atoms with van der Waals surface area (Å²) in [5.74, 6) is 6.65. The fraction of sp³-hybridized carbons (Fsp3) is 0.222. The van der Waals surface area contributed by atoms with Crippen molar-refractivity contribution in [2.24, 2.45) is 5.90 Å². The minimum absolute atomic E-state index is 0.0872. The molecule has 0 bridgehead atoms. The first-order valence-electron chi connectivity index (χ1n) is 7.54. The molecule has 0 aliphatic carbocycles. The fourth-order valence-electron chi connectivity index (χ4n) is 2.50. The summed E-state index contributed by atoms with van der Waals surface area (Å²) in [6.45, 7) is 2.06. The van der Waals surface area contributed by atoms with Gasteiger partial charge in [0.05, 0.1) is 12.1 Å².